The van der Waals surface area contributed by atoms with Crippen LogP contribution in [-0.4, -0.2) is 20.1 Å². The molecule has 0 aliphatic heterocycles. The van der Waals surface area contributed by atoms with Crippen LogP contribution in [0.15, 0.2) is 30.3 Å². The summed E-state index contributed by atoms with van der Waals surface area (Å²) in [5.41, 5.74) is 6.16. The van der Waals surface area contributed by atoms with Crippen molar-refractivity contribution in [2.45, 2.75) is 0 Å². The molecule has 0 fully saturated rings. The van der Waals surface area contributed by atoms with Crippen molar-refractivity contribution in [2.75, 3.05) is 11.1 Å². The van der Waals surface area contributed by atoms with Gasteiger partial charge in [0.25, 0.3) is 0 Å². The highest BCUT2D eigenvalue weighted by molar-refractivity contribution is 5.53. The van der Waals surface area contributed by atoms with Crippen LogP contribution in [0.25, 0.3) is 0 Å². The number of nitrogen functional groups attached to an aromatic ring is 1. The van der Waals surface area contributed by atoms with E-state index in [2.05, 4.69) is 20.3 Å². The Morgan fingerprint density at radius 1 is 1.07 bits per heavy atom. The summed E-state index contributed by atoms with van der Waals surface area (Å²) < 4.78 is 0. The van der Waals surface area contributed by atoms with E-state index in [-0.39, 0.29) is 11.9 Å². The molecule has 0 aliphatic carbocycles. The van der Waals surface area contributed by atoms with Crippen LogP contribution in [0.4, 0.5) is 17.6 Å². The first-order chi connectivity index (χ1) is 7.24. The smallest absolute Gasteiger partial charge is 0.320 e. The lowest BCUT2D eigenvalue weighted by molar-refractivity contribution is 0.430. The molecule has 2 rings (SSSR count). The van der Waals surface area contributed by atoms with Crippen LogP contribution in [0.2, 0.25) is 0 Å². The second kappa shape index (κ2) is 3.79. The number of rotatable bonds is 2. The minimum absolute atomic E-state index is 0.0269. The van der Waals surface area contributed by atoms with Gasteiger partial charge in [0, 0.05) is 5.69 Å². The lowest BCUT2D eigenvalue weighted by atomic mass is 10.3. The summed E-state index contributed by atoms with van der Waals surface area (Å²) in [5.74, 6) is 0.187. The number of benzene rings is 1. The number of aromatic hydroxyl groups is 1. The van der Waals surface area contributed by atoms with Gasteiger partial charge in [-0.1, -0.05) is 18.2 Å². The molecular weight excluding hydrogens is 194 g/mol. The third-order valence-electron chi connectivity index (χ3n) is 1.67. The Hall–Kier alpha value is -2.37. The monoisotopic (exact) mass is 203 g/mol. The van der Waals surface area contributed by atoms with Crippen LogP contribution >= 0.6 is 0 Å². The molecule has 0 saturated carbocycles. The molecule has 0 aliphatic rings. The third kappa shape index (κ3) is 2.31. The average Bonchev–Trinajstić information content (AvgIpc) is 2.17. The topological polar surface area (TPSA) is 97.0 Å². The molecule has 0 bridgehead atoms. The first-order valence-electron chi connectivity index (χ1n) is 4.26. The molecule has 6 heteroatoms. The van der Waals surface area contributed by atoms with Crippen molar-refractivity contribution in [1.82, 2.24) is 15.0 Å². The van der Waals surface area contributed by atoms with Crippen LogP contribution in [0.3, 0.4) is 0 Å². The maximum Gasteiger partial charge on any atom is 0.320 e. The third-order valence-corrected chi connectivity index (χ3v) is 1.67. The second-order valence-corrected chi connectivity index (χ2v) is 2.81. The van der Waals surface area contributed by atoms with E-state index in [4.69, 9.17) is 10.8 Å². The summed E-state index contributed by atoms with van der Waals surface area (Å²) in [5, 5.41) is 12.0. The van der Waals surface area contributed by atoms with Crippen LogP contribution < -0.4 is 11.1 Å². The lowest BCUT2D eigenvalue weighted by Gasteiger charge is -2.04. The second-order valence-electron chi connectivity index (χ2n) is 2.81. The van der Waals surface area contributed by atoms with Gasteiger partial charge >= 0.3 is 6.01 Å². The average molecular weight is 203 g/mol. The zero-order chi connectivity index (χ0) is 10.7. The Kier molecular flexibility index (Phi) is 2.32. The summed E-state index contributed by atoms with van der Waals surface area (Å²) in [7, 11) is 0. The van der Waals surface area contributed by atoms with E-state index >= 15 is 0 Å². The van der Waals surface area contributed by atoms with Gasteiger partial charge < -0.3 is 16.2 Å². The van der Waals surface area contributed by atoms with Gasteiger partial charge in [-0.2, -0.15) is 15.0 Å². The van der Waals surface area contributed by atoms with Gasteiger partial charge in [-0.15, -0.1) is 0 Å². The molecule has 0 amide bonds. The van der Waals surface area contributed by atoms with Crippen molar-refractivity contribution in [3.05, 3.63) is 30.3 Å². The van der Waals surface area contributed by atoms with Crippen LogP contribution in [0.5, 0.6) is 6.01 Å². The van der Waals surface area contributed by atoms with E-state index in [0.29, 0.717) is 0 Å². The van der Waals surface area contributed by atoms with E-state index in [9.17, 15) is 0 Å². The number of para-hydroxylation sites is 1. The zero-order valence-corrected chi connectivity index (χ0v) is 7.75. The summed E-state index contributed by atoms with van der Waals surface area (Å²) in [6.45, 7) is 0. The van der Waals surface area contributed by atoms with E-state index < -0.39 is 6.01 Å². The highest BCUT2D eigenvalue weighted by Crippen LogP contribution is 2.13. The Labute approximate surface area is 85.8 Å². The van der Waals surface area contributed by atoms with Gasteiger partial charge in [0.15, 0.2) is 0 Å². The summed E-state index contributed by atoms with van der Waals surface area (Å²) in [6, 6.07) is 8.92. The molecule has 15 heavy (non-hydrogen) atoms. The molecule has 4 N–H and O–H groups in total. The van der Waals surface area contributed by atoms with Crippen LogP contribution in [0, 0.1) is 0 Å². The van der Waals surface area contributed by atoms with Gasteiger partial charge in [0.05, 0.1) is 0 Å². The Morgan fingerprint density at radius 2 is 1.80 bits per heavy atom. The van der Waals surface area contributed by atoms with Gasteiger partial charge in [0.2, 0.25) is 11.9 Å². The predicted octanol–water partition coefficient (Wildman–Crippen LogP) is 0.903. The largest absolute Gasteiger partial charge is 0.479 e. The van der Waals surface area contributed by atoms with Gasteiger partial charge in [-0.3, -0.25) is 0 Å². The molecule has 1 aromatic carbocycles. The maximum absolute atomic E-state index is 9.09. The first-order valence-corrected chi connectivity index (χ1v) is 4.26. The quantitative estimate of drug-likeness (QED) is 0.671. The summed E-state index contributed by atoms with van der Waals surface area (Å²) >= 11 is 0. The van der Waals surface area contributed by atoms with Gasteiger partial charge in [-0.25, -0.2) is 0 Å². The predicted molar refractivity (Wildman–Crippen MR) is 55.6 cm³/mol. The summed E-state index contributed by atoms with van der Waals surface area (Å²) in [6.07, 6.45) is 0. The molecule has 1 heterocycles. The number of anilines is 3. The van der Waals surface area contributed by atoms with E-state index in [1.165, 1.54) is 0 Å². The van der Waals surface area contributed by atoms with E-state index in [1.54, 1.807) is 0 Å². The number of hydrogen-bond donors (Lipinski definition) is 3. The van der Waals surface area contributed by atoms with Crippen molar-refractivity contribution in [2.24, 2.45) is 0 Å². The minimum atomic E-state index is -0.402. The number of hydrogen-bond acceptors (Lipinski definition) is 6. The molecule has 0 unspecified atom stereocenters. The first kappa shape index (κ1) is 9.20. The SMILES string of the molecule is Nc1nc(O)nc(Nc2ccccc2)n1. The van der Waals surface area contributed by atoms with Gasteiger partial charge in [-0.05, 0) is 12.1 Å². The van der Waals surface area contributed by atoms with Crippen molar-refractivity contribution in [3.8, 4) is 6.01 Å². The Morgan fingerprint density at radius 3 is 2.47 bits per heavy atom. The number of nitrogens with two attached hydrogens (primary N) is 1. The van der Waals surface area contributed by atoms with E-state index in [1.807, 2.05) is 30.3 Å². The fourth-order valence-electron chi connectivity index (χ4n) is 1.09. The lowest BCUT2D eigenvalue weighted by Crippen LogP contribution is -2.02. The van der Waals surface area contributed by atoms with Crippen molar-refractivity contribution in [3.63, 3.8) is 0 Å². The Bertz CT molecular complexity index is 439. The highest BCUT2D eigenvalue weighted by atomic mass is 16.3. The molecule has 6 nitrogen and oxygen atoms in total. The molecule has 76 valence electrons. The number of nitrogens with zero attached hydrogens (tertiary/aromatic N) is 3. The molecule has 0 spiro atoms. The van der Waals surface area contributed by atoms with Crippen molar-refractivity contribution in [1.29, 1.82) is 0 Å². The molecule has 0 radical (unpaired) electrons. The van der Waals surface area contributed by atoms with Gasteiger partial charge in [0.1, 0.15) is 0 Å². The highest BCUT2D eigenvalue weighted by Gasteiger charge is 2.02. The van der Waals surface area contributed by atoms with Crippen LogP contribution in [0.1, 0.15) is 0 Å². The molecule has 2 aromatic rings. The molecule has 1 aromatic heterocycles. The van der Waals surface area contributed by atoms with Crippen LogP contribution in [-0.2, 0) is 0 Å². The minimum Gasteiger partial charge on any atom is -0.479 e. The van der Waals surface area contributed by atoms with Crippen molar-refractivity contribution >= 4 is 17.6 Å². The van der Waals surface area contributed by atoms with Crippen molar-refractivity contribution < 1.29 is 5.11 Å². The summed E-state index contributed by atoms with van der Waals surface area (Å²) in [4.78, 5) is 10.9. The van der Waals surface area contributed by atoms with E-state index in [0.717, 1.165) is 5.69 Å². The maximum atomic E-state index is 9.09. The number of aromatic nitrogens is 3. The number of nitrogens with one attached hydrogen (secondary N) is 1. The normalized spacial score (nSPS) is 9.87. The molecular formula is C9H9N5O. The molecule has 0 saturated heterocycles. The molecule has 0 atom stereocenters. The fraction of sp³-hybridized carbons (Fsp3) is 0. The zero-order valence-electron chi connectivity index (χ0n) is 7.75. The fourth-order valence-corrected chi connectivity index (χ4v) is 1.09. The standard InChI is InChI=1S/C9H9N5O/c10-7-12-8(14-9(15)13-7)11-6-4-2-1-3-5-6/h1-5H,(H4,10,11,12,13,14,15). The Balaban J connectivity index is 2.25.